The van der Waals surface area contributed by atoms with Crippen molar-refractivity contribution in [3.8, 4) is 11.5 Å². The Labute approximate surface area is 223 Å². The first kappa shape index (κ1) is 27.0. The average Bonchev–Trinajstić information content (AvgIpc) is 2.94. The third kappa shape index (κ3) is 7.47. The Hall–Kier alpha value is -4.08. The molecule has 0 aromatic heterocycles. The van der Waals surface area contributed by atoms with Crippen LogP contribution in [0.1, 0.15) is 27.7 Å². The Morgan fingerprint density at radius 2 is 1.63 bits per heavy atom. The molecule has 1 heterocycles. The van der Waals surface area contributed by atoms with E-state index < -0.39 is 0 Å². The molecule has 0 aliphatic carbocycles. The summed E-state index contributed by atoms with van der Waals surface area (Å²) in [5.41, 5.74) is 4.27. The fourth-order valence-electron chi connectivity index (χ4n) is 3.97. The number of anilines is 2. The van der Waals surface area contributed by atoms with Gasteiger partial charge in [-0.2, -0.15) is 0 Å². The van der Waals surface area contributed by atoms with Gasteiger partial charge in [0.25, 0.3) is 5.91 Å². The molecule has 0 fully saturated rings. The molecule has 4 rings (SSSR count). The maximum atomic E-state index is 12.8. The fraction of sp³-hybridized carbons (Fsp3) is 0.310. The number of aliphatic imine (C=N–C) groups is 1. The number of fused-ring (bicyclic) bond motifs is 1. The summed E-state index contributed by atoms with van der Waals surface area (Å²) in [6, 6.07) is 21.3. The number of methoxy groups -OCH3 is 2. The summed E-state index contributed by atoms with van der Waals surface area (Å²) < 4.78 is 22.1. The minimum atomic E-state index is -0.388. The summed E-state index contributed by atoms with van der Waals surface area (Å²) >= 11 is 0. The van der Waals surface area contributed by atoms with Gasteiger partial charge in [-0.15, -0.1) is 0 Å². The Morgan fingerprint density at radius 3 is 2.37 bits per heavy atom. The first-order chi connectivity index (χ1) is 18.7. The molecule has 38 heavy (non-hydrogen) atoms. The highest BCUT2D eigenvalue weighted by atomic mass is 16.5. The van der Waals surface area contributed by atoms with Crippen molar-refractivity contribution >= 4 is 23.6 Å². The van der Waals surface area contributed by atoms with E-state index in [1.807, 2.05) is 48.5 Å². The third-order valence-electron chi connectivity index (χ3n) is 5.91. The van der Waals surface area contributed by atoms with Crippen molar-refractivity contribution in [1.29, 1.82) is 0 Å². The van der Waals surface area contributed by atoms with Crippen molar-refractivity contribution < 1.29 is 23.7 Å². The monoisotopic (exact) mass is 518 g/mol. The molecule has 0 saturated carbocycles. The molecule has 200 valence electrons. The van der Waals surface area contributed by atoms with Crippen molar-refractivity contribution in [3.05, 3.63) is 83.4 Å². The number of nitrogens with one attached hydrogen (secondary N) is 3. The zero-order valence-electron chi connectivity index (χ0n) is 21.7. The number of carbonyl (C=O) groups is 1. The highest BCUT2D eigenvalue weighted by molar-refractivity contribution is 5.95. The van der Waals surface area contributed by atoms with Crippen LogP contribution in [0.25, 0.3) is 0 Å². The van der Waals surface area contributed by atoms with Gasteiger partial charge in [-0.25, -0.2) is 4.99 Å². The third-order valence-corrected chi connectivity index (χ3v) is 5.91. The SMILES string of the molecule is COCCOc1cc2c(cc1OCCOC)[C@H](Nc1cccc(C(=O)NCCc3ccccc3)c1)N=CN2. The first-order valence-electron chi connectivity index (χ1n) is 12.6. The molecule has 3 N–H and O–H groups in total. The van der Waals surface area contributed by atoms with Crippen LogP contribution >= 0.6 is 0 Å². The predicted molar refractivity (Wildman–Crippen MR) is 149 cm³/mol. The lowest BCUT2D eigenvalue weighted by molar-refractivity contribution is 0.0954. The van der Waals surface area contributed by atoms with Gasteiger partial charge in [-0.05, 0) is 36.2 Å². The fourth-order valence-corrected chi connectivity index (χ4v) is 3.97. The second kappa shape index (κ2) is 14.0. The zero-order chi connectivity index (χ0) is 26.6. The van der Waals surface area contributed by atoms with Crippen LogP contribution in [0, 0.1) is 0 Å². The summed E-state index contributed by atoms with van der Waals surface area (Å²) in [5, 5.41) is 9.60. The van der Waals surface area contributed by atoms with Crippen LogP contribution in [0.4, 0.5) is 11.4 Å². The van der Waals surface area contributed by atoms with Crippen molar-refractivity contribution in [2.75, 3.05) is 57.8 Å². The van der Waals surface area contributed by atoms with E-state index >= 15 is 0 Å². The molecule has 1 atom stereocenters. The van der Waals surface area contributed by atoms with E-state index in [2.05, 4.69) is 33.1 Å². The summed E-state index contributed by atoms with van der Waals surface area (Å²) in [6.45, 7) is 2.25. The minimum absolute atomic E-state index is 0.120. The Bertz CT molecular complexity index is 1220. The second-order valence-corrected chi connectivity index (χ2v) is 8.61. The predicted octanol–water partition coefficient (Wildman–Crippen LogP) is 4.27. The number of nitrogens with zero attached hydrogens (tertiary/aromatic N) is 1. The van der Waals surface area contributed by atoms with Crippen LogP contribution in [0.2, 0.25) is 0 Å². The molecule has 0 radical (unpaired) electrons. The molecular weight excluding hydrogens is 484 g/mol. The molecular formula is C29H34N4O5. The highest BCUT2D eigenvalue weighted by Gasteiger charge is 2.22. The molecule has 1 aliphatic heterocycles. The number of rotatable bonds is 14. The van der Waals surface area contributed by atoms with Crippen molar-refractivity contribution in [3.63, 3.8) is 0 Å². The molecule has 9 heteroatoms. The van der Waals surface area contributed by atoms with Gasteiger partial charge in [0.1, 0.15) is 19.4 Å². The Balaban J connectivity index is 1.45. The van der Waals surface area contributed by atoms with Crippen molar-refractivity contribution in [2.45, 2.75) is 12.6 Å². The molecule has 0 bridgehead atoms. The van der Waals surface area contributed by atoms with Gasteiger partial charge in [-0.3, -0.25) is 4.79 Å². The second-order valence-electron chi connectivity index (χ2n) is 8.61. The maximum Gasteiger partial charge on any atom is 0.251 e. The molecule has 0 spiro atoms. The van der Waals surface area contributed by atoms with E-state index in [1.165, 1.54) is 5.56 Å². The van der Waals surface area contributed by atoms with Gasteiger partial charge in [0.15, 0.2) is 11.5 Å². The van der Waals surface area contributed by atoms with E-state index in [0.29, 0.717) is 50.0 Å². The molecule has 1 amide bonds. The molecule has 3 aromatic rings. The zero-order valence-corrected chi connectivity index (χ0v) is 21.7. The van der Waals surface area contributed by atoms with Gasteiger partial charge in [0.05, 0.1) is 25.2 Å². The van der Waals surface area contributed by atoms with Crippen LogP contribution < -0.4 is 25.4 Å². The van der Waals surface area contributed by atoms with Crippen LogP contribution in [0.5, 0.6) is 11.5 Å². The standard InChI is InChI=1S/C29H34N4O5/c1-35-13-15-37-26-18-24-25(19-27(26)38-16-14-36-2)31-20-32-28(24)33-23-10-6-9-22(17-23)29(34)30-12-11-21-7-4-3-5-8-21/h3-10,17-20,28,33H,11-16H2,1-2H3,(H,30,34)(H,31,32)/t28-/m0/s1. The summed E-state index contributed by atoms with van der Waals surface area (Å²) in [6.07, 6.45) is 2.03. The quantitative estimate of drug-likeness (QED) is 0.274. The summed E-state index contributed by atoms with van der Waals surface area (Å²) in [5.74, 6) is 1.08. The Morgan fingerprint density at radius 1 is 0.895 bits per heavy atom. The van der Waals surface area contributed by atoms with E-state index in [0.717, 1.165) is 23.4 Å². The largest absolute Gasteiger partial charge is 0.487 e. The van der Waals surface area contributed by atoms with Crippen LogP contribution in [-0.4, -0.2) is 59.4 Å². The molecule has 9 nitrogen and oxygen atoms in total. The lowest BCUT2D eigenvalue weighted by Gasteiger charge is -2.25. The van der Waals surface area contributed by atoms with Gasteiger partial charge < -0.3 is 34.9 Å². The number of hydrogen-bond acceptors (Lipinski definition) is 8. The van der Waals surface area contributed by atoms with E-state index in [1.54, 1.807) is 26.6 Å². The topological polar surface area (TPSA) is 102 Å². The molecule has 0 saturated heterocycles. The minimum Gasteiger partial charge on any atom is -0.487 e. The van der Waals surface area contributed by atoms with Crippen LogP contribution in [0.15, 0.2) is 71.7 Å². The lowest BCUT2D eigenvalue weighted by atomic mass is 10.1. The van der Waals surface area contributed by atoms with E-state index in [-0.39, 0.29) is 12.1 Å². The summed E-state index contributed by atoms with van der Waals surface area (Å²) in [7, 11) is 3.26. The molecule has 1 aliphatic rings. The number of ether oxygens (including phenoxy) is 4. The number of carbonyl (C=O) groups excluding carboxylic acids is 1. The van der Waals surface area contributed by atoms with Crippen molar-refractivity contribution in [2.24, 2.45) is 4.99 Å². The highest BCUT2D eigenvalue weighted by Crippen LogP contribution is 2.39. The summed E-state index contributed by atoms with van der Waals surface area (Å²) in [4.78, 5) is 17.3. The normalized spacial score (nSPS) is 13.8. The lowest BCUT2D eigenvalue weighted by Crippen LogP contribution is -2.25. The van der Waals surface area contributed by atoms with Gasteiger partial charge >= 0.3 is 0 Å². The smallest absolute Gasteiger partial charge is 0.251 e. The molecule has 0 unspecified atom stereocenters. The molecule has 3 aromatic carbocycles. The first-order valence-corrected chi connectivity index (χ1v) is 12.6. The van der Waals surface area contributed by atoms with Crippen LogP contribution in [0.3, 0.4) is 0 Å². The van der Waals surface area contributed by atoms with E-state index in [9.17, 15) is 4.79 Å². The number of benzene rings is 3. The van der Waals surface area contributed by atoms with E-state index in [4.69, 9.17) is 18.9 Å². The average molecular weight is 519 g/mol. The van der Waals surface area contributed by atoms with Crippen LogP contribution in [-0.2, 0) is 15.9 Å². The number of amides is 1. The number of hydrogen-bond donors (Lipinski definition) is 3. The Kier molecular flexibility index (Phi) is 9.95. The van der Waals surface area contributed by atoms with Gasteiger partial charge in [-0.1, -0.05) is 36.4 Å². The van der Waals surface area contributed by atoms with Gasteiger partial charge in [0.2, 0.25) is 0 Å². The van der Waals surface area contributed by atoms with Crippen molar-refractivity contribution in [1.82, 2.24) is 5.32 Å². The maximum absolute atomic E-state index is 12.8. The van der Waals surface area contributed by atoms with Gasteiger partial charge in [0, 0.05) is 43.6 Å².